The normalized spacial score (nSPS) is 23.8. The molecule has 1 aromatic carbocycles. The molecule has 1 saturated heterocycles. The molecule has 0 atom stereocenters. The highest BCUT2D eigenvalue weighted by molar-refractivity contribution is 8.18. The van der Waals surface area contributed by atoms with Crippen LogP contribution in [0.3, 0.4) is 0 Å². The van der Waals surface area contributed by atoms with Gasteiger partial charge in [-0.05, 0) is 48.7 Å². The number of nitrogens with one attached hydrogen (secondary N) is 1. The molecule has 2 fully saturated rings. The zero-order chi connectivity index (χ0) is 13.9. The van der Waals surface area contributed by atoms with Gasteiger partial charge in [0.25, 0.3) is 5.91 Å². The third kappa shape index (κ3) is 2.96. The van der Waals surface area contributed by atoms with Crippen molar-refractivity contribution in [1.29, 1.82) is 0 Å². The van der Waals surface area contributed by atoms with Gasteiger partial charge in [-0.2, -0.15) is 0 Å². The maximum atomic E-state index is 12.0. The summed E-state index contributed by atoms with van der Waals surface area (Å²) < 4.78 is 0. The highest BCUT2D eigenvalue weighted by Crippen LogP contribution is 2.29. The molecule has 4 heteroatoms. The van der Waals surface area contributed by atoms with E-state index in [9.17, 15) is 4.79 Å². The van der Waals surface area contributed by atoms with Gasteiger partial charge in [-0.3, -0.25) is 9.79 Å². The Bertz CT molecular complexity index is 586. The number of benzene rings is 1. The van der Waals surface area contributed by atoms with Crippen molar-refractivity contribution in [2.45, 2.75) is 38.6 Å². The van der Waals surface area contributed by atoms with Crippen molar-refractivity contribution in [2.75, 3.05) is 0 Å². The Morgan fingerprint density at radius 1 is 1.30 bits per heavy atom. The Kier molecular flexibility index (Phi) is 3.92. The smallest absolute Gasteiger partial charge is 0.264 e. The van der Waals surface area contributed by atoms with E-state index in [0.717, 1.165) is 28.5 Å². The SMILES string of the molecule is Cc1ccccc1C=C1SC(=NC2CCCC2)NC1=O. The van der Waals surface area contributed by atoms with Gasteiger partial charge in [0.2, 0.25) is 0 Å². The third-order valence-electron chi connectivity index (χ3n) is 3.75. The number of rotatable bonds is 2. The first-order chi connectivity index (χ1) is 9.72. The number of amides is 1. The minimum absolute atomic E-state index is 0.0324. The molecule has 1 heterocycles. The van der Waals surface area contributed by atoms with Crippen LogP contribution in [0.15, 0.2) is 34.2 Å². The molecule has 1 aliphatic carbocycles. The van der Waals surface area contributed by atoms with Gasteiger partial charge in [-0.1, -0.05) is 37.1 Å². The second-order valence-electron chi connectivity index (χ2n) is 5.29. The number of aliphatic imine (C=N–C) groups is 1. The van der Waals surface area contributed by atoms with Gasteiger partial charge >= 0.3 is 0 Å². The summed E-state index contributed by atoms with van der Waals surface area (Å²) in [5.74, 6) is -0.0324. The van der Waals surface area contributed by atoms with Crippen molar-refractivity contribution < 1.29 is 4.79 Å². The molecule has 3 nitrogen and oxygen atoms in total. The number of hydrogen-bond donors (Lipinski definition) is 1. The van der Waals surface area contributed by atoms with Crippen LogP contribution < -0.4 is 5.32 Å². The van der Waals surface area contributed by atoms with Crippen molar-refractivity contribution in [2.24, 2.45) is 4.99 Å². The number of carbonyl (C=O) groups is 1. The summed E-state index contributed by atoms with van der Waals surface area (Å²) >= 11 is 1.46. The van der Waals surface area contributed by atoms with Crippen LogP contribution in [0.25, 0.3) is 6.08 Å². The Hall–Kier alpha value is -1.55. The topological polar surface area (TPSA) is 41.5 Å². The Balaban J connectivity index is 1.78. The average molecular weight is 286 g/mol. The van der Waals surface area contributed by atoms with Gasteiger partial charge in [0, 0.05) is 0 Å². The predicted octanol–water partition coefficient (Wildman–Crippen LogP) is 3.50. The first-order valence-corrected chi connectivity index (χ1v) is 7.88. The lowest BCUT2D eigenvalue weighted by atomic mass is 10.1. The second-order valence-corrected chi connectivity index (χ2v) is 6.32. The Morgan fingerprint density at radius 2 is 2.05 bits per heavy atom. The molecule has 1 saturated carbocycles. The fourth-order valence-electron chi connectivity index (χ4n) is 2.58. The van der Waals surface area contributed by atoms with Crippen LogP contribution in [0.4, 0.5) is 0 Å². The summed E-state index contributed by atoms with van der Waals surface area (Å²) in [6, 6.07) is 8.48. The van der Waals surface area contributed by atoms with Gasteiger partial charge in [-0.15, -0.1) is 0 Å². The molecule has 0 aromatic heterocycles. The first kappa shape index (κ1) is 13.4. The van der Waals surface area contributed by atoms with Gasteiger partial charge in [-0.25, -0.2) is 0 Å². The van der Waals surface area contributed by atoms with Crippen molar-refractivity contribution in [3.05, 3.63) is 40.3 Å². The summed E-state index contributed by atoms with van der Waals surface area (Å²) in [7, 11) is 0. The Labute approximate surface area is 123 Å². The summed E-state index contributed by atoms with van der Waals surface area (Å²) in [5, 5.41) is 3.64. The molecular formula is C16H18N2OS. The molecule has 0 bridgehead atoms. The van der Waals surface area contributed by atoms with Crippen LogP contribution in [0.1, 0.15) is 36.8 Å². The van der Waals surface area contributed by atoms with Crippen LogP contribution in [-0.2, 0) is 4.79 Å². The van der Waals surface area contributed by atoms with Gasteiger partial charge in [0.1, 0.15) is 0 Å². The minimum Gasteiger partial charge on any atom is -0.301 e. The molecule has 2 aliphatic rings. The monoisotopic (exact) mass is 286 g/mol. The van der Waals surface area contributed by atoms with Crippen LogP contribution in [0.2, 0.25) is 0 Å². The predicted molar refractivity (Wildman–Crippen MR) is 84.6 cm³/mol. The lowest BCUT2D eigenvalue weighted by Crippen LogP contribution is -2.21. The molecule has 1 amide bonds. The zero-order valence-corrected chi connectivity index (χ0v) is 12.4. The zero-order valence-electron chi connectivity index (χ0n) is 11.6. The van der Waals surface area contributed by atoms with Gasteiger partial charge in [0.15, 0.2) is 5.17 Å². The number of aryl methyl sites for hydroxylation is 1. The molecule has 104 valence electrons. The molecular weight excluding hydrogens is 268 g/mol. The number of amidine groups is 1. The summed E-state index contributed by atoms with van der Waals surface area (Å²) in [5.41, 5.74) is 2.27. The Morgan fingerprint density at radius 3 is 2.80 bits per heavy atom. The lowest BCUT2D eigenvalue weighted by molar-refractivity contribution is -0.115. The number of hydrogen-bond acceptors (Lipinski definition) is 3. The van der Waals surface area contributed by atoms with Crippen LogP contribution in [0, 0.1) is 6.92 Å². The molecule has 1 aliphatic heterocycles. The first-order valence-electron chi connectivity index (χ1n) is 7.07. The van der Waals surface area contributed by atoms with E-state index in [1.807, 2.05) is 24.3 Å². The van der Waals surface area contributed by atoms with Crippen molar-refractivity contribution in [1.82, 2.24) is 5.32 Å². The van der Waals surface area contributed by atoms with Gasteiger partial charge in [0.05, 0.1) is 10.9 Å². The molecule has 0 radical (unpaired) electrons. The second kappa shape index (κ2) is 5.83. The molecule has 3 rings (SSSR count). The highest BCUT2D eigenvalue weighted by Gasteiger charge is 2.25. The van der Waals surface area contributed by atoms with E-state index >= 15 is 0 Å². The number of nitrogens with zero attached hydrogens (tertiary/aromatic N) is 1. The molecule has 0 spiro atoms. The standard InChI is InChI=1S/C16H18N2OS/c1-11-6-2-3-7-12(11)10-14-15(19)18-16(20-14)17-13-8-4-5-9-13/h2-3,6-7,10,13H,4-5,8-9H2,1H3,(H,17,18,19). The molecule has 1 N–H and O–H groups in total. The van der Waals surface area contributed by atoms with E-state index in [2.05, 4.69) is 23.3 Å². The van der Waals surface area contributed by atoms with Crippen LogP contribution in [0.5, 0.6) is 0 Å². The van der Waals surface area contributed by atoms with Gasteiger partial charge < -0.3 is 5.32 Å². The van der Waals surface area contributed by atoms with Crippen molar-refractivity contribution in [3.63, 3.8) is 0 Å². The van der Waals surface area contributed by atoms with E-state index in [-0.39, 0.29) is 5.91 Å². The van der Waals surface area contributed by atoms with Crippen LogP contribution in [-0.4, -0.2) is 17.1 Å². The number of thioether (sulfide) groups is 1. The minimum atomic E-state index is -0.0324. The third-order valence-corrected chi connectivity index (χ3v) is 4.67. The van der Waals surface area contributed by atoms with E-state index < -0.39 is 0 Å². The highest BCUT2D eigenvalue weighted by atomic mass is 32.2. The van der Waals surface area contributed by atoms with Crippen molar-refractivity contribution in [3.8, 4) is 0 Å². The summed E-state index contributed by atoms with van der Waals surface area (Å²) in [6.07, 6.45) is 6.76. The van der Waals surface area contributed by atoms with Crippen LogP contribution >= 0.6 is 11.8 Å². The maximum absolute atomic E-state index is 12.0. The fraction of sp³-hybridized carbons (Fsp3) is 0.375. The summed E-state index contributed by atoms with van der Waals surface area (Å²) in [4.78, 5) is 17.4. The maximum Gasteiger partial charge on any atom is 0.264 e. The molecule has 0 unspecified atom stereocenters. The quantitative estimate of drug-likeness (QED) is 0.845. The van der Waals surface area contributed by atoms with E-state index in [1.54, 1.807) is 0 Å². The largest absolute Gasteiger partial charge is 0.301 e. The molecule has 20 heavy (non-hydrogen) atoms. The molecule has 1 aromatic rings. The van der Waals surface area contributed by atoms with Crippen molar-refractivity contribution >= 4 is 28.9 Å². The average Bonchev–Trinajstić information content (AvgIpc) is 3.04. The number of carbonyl (C=O) groups excluding carboxylic acids is 1. The summed E-state index contributed by atoms with van der Waals surface area (Å²) in [6.45, 7) is 2.05. The van der Waals surface area contributed by atoms with E-state index in [1.165, 1.54) is 30.2 Å². The van der Waals surface area contributed by atoms with E-state index in [4.69, 9.17) is 0 Å². The fourth-order valence-corrected chi connectivity index (χ4v) is 3.46. The lowest BCUT2D eigenvalue weighted by Gasteiger charge is -2.02. The van der Waals surface area contributed by atoms with E-state index in [0.29, 0.717) is 6.04 Å².